The van der Waals surface area contributed by atoms with Gasteiger partial charge in [0.2, 0.25) is 0 Å². The molecular weight excluding hydrogens is 202 g/mol. The van der Waals surface area contributed by atoms with E-state index < -0.39 is 0 Å². The van der Waals surface area contributed by atoms with E-state index in [2.05, 4.69) is 23.1 Å². The quantitative estimate of drug-likeness (QED) is 0.270. The Bertz CT molecular complexity index is 263. The number of esters is 1. The molecule has 0 amide bonds. The van der Waals surface area contributed by atoms with Gasteiger partial charge in [0.05, 0.1) is 12.2 Å². The highest BCUT2D eigenvalue weighted by Crippen LogP contribution is 2.01. The number of hydrogen-bond donors (Lipinski definition) is 3. The van der Waals surface area contributed by atoms with Crippen molar-refractivity contribution in [2.75, 3.05) is 6.61 Å². The van der Waals surface area contributed by atoms with Gasteiger partial charge in [0.15, 0.2) is 5.11 Å². The molecular formula is C8H15N3O2S. The van der Waals surface area contributed by atoms with Crippen molar-refractivity contribution in [2.24, 2.45) is 5.73 Å². The maximum atomic E-state index is 11.2. The average molecular weight is 217 g/mol. The second-order valence-electron chi connectivity index (χ2n) is 2.58. The molecule has 0 unspecified atom stereocenters. The van der Waals surface area contributed by atoms with Crippen LogP contribution < -0.4 is 16.6 Å². The summed E-state index contributed by atoms with van der Waals surface area (Å²) in [6.45, 7) is 5.48. The van der Waals surface area contributed by atoms with Crippen molar-refractivity contribution in [3.05, 3.63) is 11.3 Å². The van der Waals surface area contributed by atoms with Crippen molar-refractivity contribution in [1.29, 1.82) is 0 Å². The SMILES string of the molecule is CCOC(=O)/C(C)=C(/C)NNC(N)=S. The van der Waals surface area contributed by atoms with Crippen LogP contribution in [0.15, 0.2) is 11.3 Å². The molecule has 5 nitrogen and oxygen atoms in total. The van der Waals surface area contributed by atoms with E-state index in [9.17, 15) is 4.79 Å². The highest BCUT2D eigenvalue weighted by atomic mass is 32.1. The summed E-state index contributed by atoms with van der Waals surface area (Å²) in [4.78, 5) is 11.2. The van der Waals surface area contributed by atoms with Gasteiger partial charge >= 0.3 is 5.97 Å². The molecule has 0 bridgehead atoms. The summed E-state index contributed by atoms with van der Waals surface area (Å²) in [6.07, 6.45) is 0. The van der Waals surface area contributed by atoms with Crippen LogP contribution in [0.3, 0.4) is 0 Å². The molecule has 80 valence electrons. The summed E-state index contributed by atoms with van der Waals surface area (Å²) in [6, 6.07) is 0. The fraction of sp³-hybridized carbons (Fsp3) is 0.500. The third-order valence-corrected chi connectivity index (χ3v) is 1.62. The minimum absolute atomic E-state index is 0.112. The molecule has 0 saturated heterocycles. The monoisotopic (exact) mass is 217 g/mol. The minimum atomic E-state index is -0.359. The first-order valence-electron chi connectivity index (χ1n) is 4.15. The molecule has 0 saturated carbocycles. The zero-order valence-electron chi connectivity index (χ0n) is 8.51. The largest absolute Gasteiger partial charge is 0.463 e. The van der Waals surface area contributed by atoms with Gasteiger partial charge in [-0.25, -0.2) is 4.79 Å². The molecule has 0 aromatic rings. The predicted molar refractivity (Wildman–Crippen MR) is 58.1 cm³/mol. The number of allylic oxidation sites excluding steroid dienone is 1. The van der Waals surface area contributed by atoms with Gasteiger partial charge in [0.1, 0.15) is 0 Å². The first-order valence-corrected chi connectivity index (χ1v) is 4.56. The fourth-order valence-electron chi connectivity index (χ4n) is 0.642. The molecule has 6 heteroatoms. The maximum absolute atomic E-state index is 11.2. The molecule has 0 aliphatic rings. The lowest BCUT2D eigenvalue weighted by molar-refractivity contribution is -0.138. The molecule has 0 aromatic heterocycles. The van der Waals surface area contributed by atoms with Crippen LogP contribution in [0, 0.1) is 0 Å². The van der Waals surface area contributed by atoms with Crippen LogP contribution in [-0.2, 0) is 9.53 Å². The second kappa shape index (κ2) is 6.20. The Kier molecular flexibility index (Phi) is 5.62. The summed E-state index contributed by atoms with van der Waals surface area (Å²) in [5, 5.41) is 0.112. The Labute approximate surface area is 88.6 Å². The molecule has 0 atom stereocenters. The minimum Gasteiger partial charge on any atom is -0.463 e. The van der Waals surface area contributed by atoms with E-state index in [4.69, 9.17) is 10.5 Å². The van der Waals surface area contributed by atoms with Gasteiger partial charge in [-0.3, -0.25) is 5.43 Å². The predicted octanol–water partition coefficient (Wildman–Crippen LogP) is 0.181. The number of ether oxygens (including phenoxy) is 1. The molecule has 0 rings (SSSR count). The van der Waals surface area contributed by atoms with E-state index in [-0.39, 0.29) is 11.1 Å². The van der Waals surface area contributed by atoms with Crippen molar-refractivity contribution in [3.8, 4) is 0 Å². The van der Waals surface area contributed by atoms with Crippen molar-refractivity contribution in [1.82, 2.24) is 10.9 Å². The molecule has 0 spiro atoms. The lowest BCUT2D eigenvalue weighted by Gasteiger charge is -2.10. The van der Waals surface area contributed by atoms with Gasteiger partial charge in [0, 0.05) is 5.70 Å². The third-order valence-electron chi connectivity index (χ3n) is 1.52. The maximum Gasteiger partial charge on any atom is 0.335 e. The van der Waals surface area contributed by atoms with Crippen LogP contribution in [0.5, 0.6) is 0 Å². The van der Waals surface area contributed by atoms with Crippen molar-refractivity contribution in [2.45, 2.75) is 20.8 Å². The van der Waals surface area contributed by atoms with E-state index >= 15 is 0 Å². The normalized spacial score (nSPS) is 11.4. The molecule has 14 heavy (non-hydrogen) atoms. The molecule has 0 aliphatic heterocycles. The standard InChI is InChI=1S/C8H15N3O2S/c1-4-13-7(12)5(2)6(3)10-11-8(9)14/h10H,4H2,1-3H3,(H3,9,11,14)/b6-5-. The Balaban J connectivity index is 4.27. The smallest absolute Gasteiger partial charge is 0.335 e. The zero-order valence-corrected chi connectivity index (χ0v) is 9.33. The Hall–Kier alpha value is -1.30. The van der Waals surface area contributed by atoms with Crippen LogP contribution in [0.1, 0.15) is 20.8 Å². The molecule has 4 N–H and O–H groups in total. The number of carbonyl (C=O) groups is 1. The number of nitrogens with two attached hydrogens (primary N) is 1. The number of nitrogens with one attached hydrogen (secondary N) is 2. The van der Waals surface area contributed by atoms with E-state index in [1.807, 2.05) is 0 Å². The van der Waals surface area contributed by atoms with Crippen molar-refractivity contribution >= 4 is 23.3 Å². The fourth-order valence-corrected chi connectivity index (χ4v) is 0.693. The van der Waals surface area contributed by atoms with Crippen LogP contribution >= 0.6 is 12.2 Å². The number of rotatable bonds is 4. The van der Waals surface area contributed by atoms with Crippen LogP contribution in [-0.4, -0.2) is 17.7 Å². The molecule has 0 aliphatic carbocycles. The number of hydrogen-bond acceptors (Lipinski definition) is 4. The van der Waals surface area contributed by atoms with Crippen LogP contribution in [0.4, 0.5) is 0 Å². The van der Waals surface area contributed by atoms with Crippen molar-refractivity contribution < 1.29 is 9.53 Å². The van der Waals surface area contributed by atoms with Gasteiger partial charge in [-0.2, -0.15) is 0 Å². The highest BCUT2D eigenvalue weighted by Gasteiger charge is 2.07. The summed E-state index contributed by atoms with van der Waals surface area (Å²) < 4.78 is 4.80. The average Bonchev–Trinajstić information content (AvgIpc) is 2.13. The lowest BCUT2D eigenvalue weighted by Crippen LogP contribution is -2.40. The van der Waals surface area contributed by atoms with Crippen LogP contribution in [0.25, 0.3) is 0 Å². The Morgan fingerprint density at radius 3 is 2.43 bits per heavy atom. The zero-order chi connectivity index (χ0) is 11.1. The van der Waals surface area contributed by atoms with Gasteiger partial charge < -0.3 is 15.9 Å². The van der Waals surface area contributed by atoms with Gasteiger partial charge in [-0.15, -0.1) is 0 Å². The molecule has 0 aromatic carbocycles. The first-order chi connectivity index (χ1) is 6.49. The van der Waals surface area contributed by atoms with Gasteiger partial charge in [0.25, 0.3) is 0 Å². The summed E-state index contributed by atoms with van der Waals surface area (Å²) in [5.74, 6) is -0.359. The van der Waals surface area contributed by atoms with Gasteiger partial charge in [-0.1, -0.05) is 0 Å². The van der Waals surface area contributed by atoms with E-state index in [1.165, 1.54) is 0 Å². The van der Waals surface area contributed by atoms with E-state index in [1.54, 1.807) is 20.8 Å². The summed E-state index contributed by atoms with van der Waals surface area (Å²) in [5.41, 5.74) is 11.5. The lowest BCUT2D eigenvalue weighted by atomic mass is 10.2. The summed E-state index contributed by atoms with van der Waals surface area (Å²) in [7, 11) is 0. The number of carbonyl (C=O) groups excluding carboxylic acids is 1. The second-order valence-corrected chi connectivity index (χ2v) is 3.02. The van der Waals surface area contributed by atoms with Crippen LogP contribution in [0.2, 0.25) is 0 Å². The first kappa shape index (κ1) is 12.7. The topological polar surface area (TPSA) is 76.4 Å². The van der Waals surface area contributed by atoms with E-state index in [0.717, 1.165) is 0 Å². The highest BCUT2D eigenvalue weighted by molar-refractivity contribution is 7.80. The Morgan fingerprint density at radius 1 is 1.43 bits per heavy atom. The molecule has 0 radical (unpaired) electrons. The van der Waals surface area contributed by atoms with Gasteiger partial charge in [-0.05, 0) is 33.0 Å². The third kappa shape index (κ3) is 4.66. The number of hydrazine groups is 1. The Morgan fingerprint density at radius 2 is 2.00 bits per heavy atom. The molecule has 0 fully saturated rings. The number of thiocarbonyl (C=S) groups is 1. The summed E-state index contributed by atoms with van der Waals surface area (Å²) >= 11 is 4.58. The molecule has 0 heterocycles. The van der Waals surface area contributed by atoms with E-state index in [0.29, 0.717) is 17.9 Å². The van der Waals surface area contributed by atoms with Crippen molar-refractivity contribution in [3.63, 3.8) is 0 Å².